The summed E-state index contributed by atoms with van der Waals surface area (Å²) in [7, 11) is 3.17. The minimum atomic E-state index is -0.314. The number of hydrogen-bond acceptors (Lipinski definition) is 5. The summed E-state index contributed by atoms with van der Waals surface area (Å²) in [6, 6.07) is 11.7. The molecule has 0 saturated carbocycles. The van der Waals surface area contributed by atoms with Crippen LogP contribution >= 0.6 is 11.5 Å². The van der Waals surface area contributed by atoms with E-state index in [9.17, 15) is 9.18 Å². The molecule has 0 fully saturated rings. The second-order valence-corrected chi connectivity index (χ2v) is 6.97. The number of ether oxygens (including phenoxy) is 2. The van der Waals surface area contributed by atoms with Crippen molar-refractivity contribution in [2.24, 2.45) is 0 Å². The zero-order valence-electron chi connectivity index (χ0n) is 14.8. The van der Waals surface area contributed by atoms with Crippen LogP contribution in [0.1, 0.15) is 22.8 Å². The molecule has 7 heteroatoms. The third-order valence-corrected chi connectivity index (χ3v) is 5.57. The predicted molar refractivity (Wildman–Crippen MR) is 102 cm³/mol. The molecule has 0 saturated heterocycles. The first-order valence-corrected chi connectivity index (χ1v) is 9.16. The largest absolute Gasteiger partial charge is 0.493 e. The van der Waals surface area contributed by atoms with Crippen LogP contribution in [-0.2, 0) is 4.79 Å². The van der Waals surface area contributed by atoms with Crippen LogP contribution in [0.3, 0.4) is 0 Å². The zero-order chi connectivity index (χ0) is 19.0. The van der Waals surface area contributed by atoms with Gasteiger partial charge in [0.1, 0.15) is 11.5 Å². The van der Waals surface area contributed by atoms with Gasteiger partial charge in [-0.2, -0.15) is 4.37 Å². The molecule has 1 aromatic heterocycles. The van der Waals surface area contributed by atoms with Crippen molar-refractivity contribution >= 4 is 23.1 Å². The summed E-state index contributed by atoms with van der Waals surface area (Å²) in [4.78, 5) is 13.4. The number of anilines is 1. The zero-order valence-corrected chi connectivity index (χ0v) is 15.6. The number of amides is 1. The van der Waals surface area contributed by atoms with E-state index in [0.29, 0.717) is 29.3 Å². The van der Waals surface area contributed by atoms with E-state index in [-0.39, 0.29) is 17.6 Å². The molecule has 2 heterocycles. The lowest BCUT2D eigenvalue weighted by Crippen LogP contribution is -2.22. The van der Waals surface area contributed by atoms with E-state index < -0.39 is 0 Å². The SMILES string of the molecule is COc1cccc(C2CC(=O)Nc3c(-c4ccc(F)cc4)nsc32)c1OC. The molecule has 1 unspecified atom stereocenters. The van der Waals surface area contributed by atoms with Crippen molar-refractivity contribution < 1.29 is 18.7 Å². The van der Waals surface area contributed by atoms with Gasteiger partial charge in [-0.1, -0.05) is 12.1 Å². The van der Waals surface area contributed by atoms with Crippen LogP contribution in [0.2, 0.25) is 0 Å². The van der Waals surface area contributed by atoms with E-state index >= 15 is 0 Å². The lowest BCUT2D eigenvalue weighted by atomic mass is 9.88. The van der Waals surface area contributed by atoms with Crippen LogP contribution in [-0.4, -0.2) is 24.5 Å². The Labute approximate surface area is 159 Å². The van der Waals surface area contributed by atoms with Crippen LogP contribution in [0.25, 0.3) is 11.3 Å². The molecule has 138 valence electrons. The van der Waals surface area contributed by atoms with E-state index in [1.165, 1.54) is 23.7 Å². The van der Waals surface area contributed by atoms with Gasteiger partial charge < -0.3 is 14.8 Å². The number of nitrogens with one attached hydrogen (secondary N) is 1. The van der Waals surface area contributed by atoms with Crippen LogP contribution in [0.15, 0.2) is 42.5 Å². The minimum absolute atomic E-state index is 0.0964. The van der Waals surface area contributed by atoms with Crippen molar-refractivity contribution in [1.29, 1.82) is 0 Å². The average molecular weight is 384 g/mol. The first kappa shape index (κ1) is 17.5. The maximum absolute atomic E-state index is 13.3. The van der Waals surface area contributed by atoms with E-state index in [1.54, 1.807) is 26.4 Å². The third-order valence-electron chi connectivity index (χ3n) is 4.62. The summed E-state index contributed by atoms with van der Waals surface area (Å²) < 4.78 is 28.7. The van der Waals surface area contributed by atoms with Gasteiger partial charge in [0.05, 0.1) is 24.8 Å². The standard InChI is InChI=1S/C20H17FN2O3S/c1-25-15-5-3-4-13(19(15)26-2)14-10-16(24)22-18-17(23-27-20(14)18)11-6-8-12(21)9-7-11/h3-9,14H,10H2,1-2H3,(H,22,24). The van der Waals surface area contributed by atoms with Gasteiger partial charge in [-0.05, 0) is 41.9 Å². The molecule has 4 rings (SSSR count). The van der Waals surface area contributed by atoms with Crippen LogP contribution in [0.4, 0.5) is 10.1 Å². The van der Waals surface area contributed by atoms with Gasteiger partial charge in [0.15, 0.2) is 11.5 Å². The van der Waals surface area contributed by atoms with Crippen molar-refractivity contribution in [3.05, 3.63) is 58.7 Å². The topological polar surface area (TPSA) is 60.5 Å². The number of para-hydroxylation sites is 1. The van der Waals surface area contributed by atoms with Crippen molar-refractivity contribution in [2.75, 3.05) is 19.5 Å². The normalized spacial score (nSPS) is 15.8. The van der Waals surface area contributed by atoms with Gasteiger partial charge in [-0.15, -0.1) is 0 Å². The highest BCUT2D eigenvalue weighted by Gasteiger charge is 2.33. The fourth-order valence-electron chi connectivity index (χ4n) is 3.37. The third kappa shape index (κ3) is 3.04. The summed E-state index contributed by atoms with van der Waals surface area (Å²) in [5, 5.41) is 2.93. The molecule has 1 atom stereocenters. The summed E-state index contributed by atoms with van der Waals surface area (Å²) >= 11 is 1.33. The molecule has 1 aliphatic rings. The maximum atomic E-state index is 13.3. The van der Waals surface area contributed by atoms with Crippen LogP contribution in [0, 0.1) is 5.82 Å². The van der Waals surface area contributed by atoms with Crippen molar-refractivity contribution in [1.82, 2.24) is 4.37 Å². The number of fused-ring (bicyclic) bond motifs is 1. The van der Waals surface area contributed by atoms with E-state index in [4.69, 9.17) is 9.47 Å². The quantitative estimate of drug-likeness (QED) is 0.722. The average Bonchev–Trinajstić information content (AvgIpc) is 3.11. The first-order chi connectivity index (χ1) is 13.1. The smallest absolute Gasteiger partial charge is 0.225 e. The van der Waals surface area contributed by atoms with Gasteiger partial charge in [0.25, 0.3) is 0 Å². The lowest BCUT2D eigenvalue weighted by molar-refractivity contribution is -0.116. The highest BCUT2D eigenvalue weighted by atomic mass is 32.1. The lowest BCUT2D eigenvalue weighted by Gasteiger charge is -2.25. The van der Waals surface area contributed by atoms with Gasteiger partial charge in [0.2, 0.25) is 5.91 Å². The van der Waals surface area contributed by atoms with E-state index in [0.717, 1.165) is 16.0 Å². The van der Waals surface area contributed by atoms with Crippen molar-refractivity contribution in [2.45, 2.75) is 12.3 Å². The molecule has 1 amide bonds. The minimum Gasteiger partial charge on any atom is -0.493 e. The Morgan fingerprint density at radius 2 is 1.93 bits per heavy atom. The fourth-order valence-corrected chi connectivity index (χ4v) is 4.34. The second-order valence-electron chi connectivity index (χ2n) is 6.16. The number of halogens is 1. The van der Waals surface area contributed by atoms with Gasteiger partial charge in [-0.25, -0.2) is 4.39 Å². The highest BCUT2D eigenvalue weighted by molar-refractivity contribution is 7.07. The molecule has 5 nitrogen and oxygen atoms in total. The molecule has 3 aromatic rings. The Balaban J connectivity index is 1.84. The second kappa shape index (κ2) is 7.00. The first-order valence-electron chi connectivity index (χ1n) is 8.38. The Hall–Kier alpha value is -2.93. The Morgan fingerprint density at radius 1 is 1.15 bits per heavy atom. The molecule has 2 aromatic carbocycles. The number of aromatic nitrogens is 1. The number of rotatable bonds is 4. The summed E-state index contributed by atoms with van der Waals surface area (Å²) in [6.45, 7) is 0. The Morgan fingerprint density at radius 3 is 2.63 bits per heavy atom. The van der Waals surface area contributed by atoms with E-state index in [2.05, 4.69) is 9.69 Å². The van der Waals surface area contributed by atoms with Gasteiger partial charge >= 0.3 is 0 Å². The molecule has 0 spiro atoms. The Bertz CT molecular complexity index is 1000. The van der Waals surface area contributed by atoms with Crippen LogP contribution in [0.5, 0.6) is 11.5 Å². The number of carbonyl (C=O) groups is 1. The summed E-state index contributed by atoms with van der Waals surface area (Å²) in [6.07, 6.45) is 0.293. The molecule has 1 N–H and O–H groups in total. The number of methoxy groups -OCH3 is 2. The fraction of sp³-hybridized carbons (Fsp3) is 0.200. The van der Waals surface area contributed by atoms with E-state index in [1.807, 2.05) is 18.2 Å². The summed E-state index contributed by atoms with van der Waals surface area (Å²) in [5.74, 6) is 0.630. The van der Waals surface area contributed by atoms with Crippen molar-refractivity contribution in [3.8, 4) is 22.8 Å². The molecular formula is C20H17FN2O3S. The van der Waals surface area contributed by atoms with Gasteiger partial charge in [-0.3, -0.25) is 4.79 Å². The number of hydrogen-bond donors (Lipinski definition) is 1. The van der Waals surface area contributed by atoms with Crippen LogP contribution < -0.4 is 14.8 Å². The molecule has 0 bridgehead atoms. The molecule has 0 radical (unpaired) electrons. The van der Waals surface area contributed by atoms with Gasteiger partial charge in [0, 0.05) is 23.5 Å². The molecular weight excluding hydrogens is 367 g/mol. The number of benzene rings is 2. The molecule has 27 heavy (non-hydrogen) atoms. The summed E-state index contributed by atoms with van der Waals surface area (Å²) in [5.41, 5.74) is 2.96. The Kier molecular flexibility index (Phi) is 4.53. The number of carbonyl (C=O) groups excluding carboxylic acids is 1. The van der Waals surface area contributed by atoms with Crippen molar-refractivity contribution in [3.63, 3.8) is 0 Å². The monoisotopic (exact) mass is 384 g/mol. The maximum Gasteiger partial charge on any atom is 0.225 e. The molecule has 0 aliphatic carbocycles. The predicted octanol–water partition coefficient (Wildman–Crippen LogP) is 4.44. The molecule has 1 aliphatic heterocycles. The highest BCUT2D eigenvalue weighted by Crippen LogP contribution is 2.48. The number of nitrogens with zero attached hydrogens (tertiary/aromatic N) is 1.